The molecule has 1 saturated heterocycles. The van der Waals surface area contributed by atoms with Gasteiger partial charge in [-0.1, -0.05) is 17.7 Å². The highest BCUT2D eigenvalue weighted by Gasteiger charge is 2.28. The molecule has 2 aromatic rings. The van der Waals surface area contributed by atoms with Crippen LogP contribution in [0.1, 0.15) is 23.6 Å². The number of hydrogen-bond donors (Lipinski definition) is 1. The van der Waals surface area contributed by atoms with Gasteiger partial charge >= 0.3 is 0 Å². The molecule has 1 aliphatic heterocycles. The van der Waals surface area contributed by atoms with Crippen LogP contribution < -0.4 is 0 Å². The second-order valence-corrected chi connectivity index (χ2v) is 5.62. The maximum absolute atomic E-state index is 13.7. The molecule has 0 radical (unpaired) electrons. The van der Waals surface area contributed by atoms with Crippen molar-refractivity contribution in [1.82, 2.24) is 15.1 Å². The number of hydrogen-bond acceptors (Lipinski definition) is 2. The molecule has 3 rings (SSSR count). The summed E-state index contributed by atoms with van der Waals surface area (Å²) in [5.41, 5.74) is 1.31. The van der Waals surface area contributed by atoms with Crippen LogP contribution in [0.25, 0.3) is 0 Å². The van der Waals surface area contributed by atoms with Gasteiger partial charge in [0.25, 0.3) is 0 Å². The fourth-order valence-corrected chi connectivity index (χ4v) is 2.93. The van der Waals surface area contributed by atoms with Gasteiger partial charge in [-0.3, -0.25) is 9.89 Å². The van der Waals surface area contributed by atoms with E-state index in [1.165, 1.54) is 12.1 Å². The van der Waals surface area contributed by atoms with E-state index in [0.29, 0.717) is 18.1 Å². The van der Waals surface area contributed by atoms with Crippen molar-refractivity contribution in [2.75, 3.05) is 13.1 Å². The van der Waals surface area contributed by atoms with E-state index in [4.69, 9.17) is 11.6 Å². The van der Waals surface area contributed by atoms with Gasteiger partial charge in [0.2, 0.25) is 5.91 Å². The summed E-state index contributed by atoms with van der Waals surface area (Å²) in [5.74, 6) is -0.253. The lowest BCUT2D eigenvalue weighted by atomic mass is 10.1. The van der Waals surface area contributed by atoms with E-state index in [1.807, 2.05) is 6.07 Å². The molecule has 1 aromatic carbocycles. The van der Waals surface area contributed by atoms with Gasteiger partial charge in [-0.25, -0.2) is 4.39 Å². The summed E-state index contributed by atoms with van der Waals surface area (Å²) in [7, 11) is 0. The van der Waals surface area contributed by atoms with Crippen LogP contribution in [0.15, 0.2) is 30.5 Å². The van der Waals surface area contributed by atoms with Crippen molar-refractivity contribution in [3.63, 3.8) is 0 Å². The van der Waals surface area contributed by atoms with Gasteiger partial charge in [-0.05, 0) is 24.6 Å². The molecule has 1 N–H and O–H groups in total. The summed E-state index contributed by atoms with van der Waals surface area (Å²) < 4.78 is 13.7. The Balaban J connectivity index is 1.67. The van der Waals surface area contributed by atoms with Gasteiger partial charge in [0, 0.05) is 41.5 Å². The third-order valence-corrected chi connectivity index (χ3v) is 4.25. The largest absolute Gasteiger partial charge is 0.342 e. The molecule has 1 aromatic heterocycles. The number of H-pyrrole nitrogens is 1. The standard InChI is InChI=1S/C15H15ClFN3O/c16-12-2-1-3-13(17)11(12)8-15(21)20-7-5-10(9-20)14-4-6-18-19-14/h1-4,6,10H,5,7-9H2,(H,18,19)/t10-/m1/s1. The molecule has 1 fully saturated rings. The molecular formula is C15H15ClFN3O. The maximum atomic E-state index is 13.7. The number of halogens is 2. The Labute approximate surface area is 126 Å². The van der Waals surface area contributed by atoms with Gasteiger partial charge in [0.1, 0.15) is 5.82 Å². The highest BCUT2D eigenvalue weighted by atomic mass is 35.5. The summed E-state index contributed by atoms with van der Waals surface area (Å²) in [6.45, 7) is 1.31. The number of benzene rings is 1. The molecule has 1 aliphatic rings. The summed E-state index contributed by atoms with van der Waals surface area (Å²) in [5, 5.41) is 7.17. The van der Waals surface area contributed by atoms with Crippen molar-refractivity contribution < 1.29 is 9.18 Å². The number of carbonyl (C=O) groups is 1. The van der Waals surface area contributed by atoms with E-state index in [0.717, 1.165) is 12.1 Å². The van der Waals surface area contributed by atoms with E-state index < -0.39 is 5.82 Å². The van der Waals surface area contributed by atoms with Gasteiger partial charge in [-0.2, -0.15) is 5.10 Å². The molecule has 0 saturated carbocycles. The Hall–Kier alpha value is -1.88. The van der Waals surface area contributed by atoms with Crippen molar-refractivity contribution in [2.45, 2.75) is 18.8 Å². The van der Waals surface area contributed by atoms with Crippen LogP contribution in [0, 0.1) is 5.82 Å². The molecule has 1 atom stereocenters. The number of nitrogens with zero attached hydrogens (tertiary/aromatic N) is 2. The maximum Gasteiger partial charge on any atom is 0.227 e. The topological polar surface area (TPSA) is 49.0 Å². The van der Waals surface area contributed by atoms with E-state index >= 15 is 0 Å². The van der Waals surface area contributed by atoms with Crippen LogP contribution in [0.3, 0.4) is 0 Å². The zero-order valence-corrected chi connectivity index (χ0v) is 12.1. The van der Waals surface area contributed by atoms with Crippen molar-refractivity contribution in [1.29, 1.82) is 0 Å². The SMILES string of the molecule is O=C(Cc1c(F)cccc1Cl)N1CC[C@@H](c2ccn[nH]2)C1. The Morgan fingerprint density at radius 2 is 2.33 bits per heavy atom. The summed E-state index contributed by atoms with van der Waals surface area (Å²) in [6.07, 6.45) is 2.60. The Morgan fingerprint density at radius 1 is 1.48 bits per heavy atom. The zero-order valence-electron chi connectivity index (χ0n) is 11.4. The zero-order chi connectivity index (χ0) is 14.8. The molecule has 0 spiro atoms. The minimum Gasteiger partial charge on any atom is -0.342 e. The molecule has 6 heteroatoms. The fourth-order valence-electron chi connectivity index (χ4n) is 2.70. The normalized spacial score (nSPS) is 18.2. The molecule has 0 bridgehead atoms. The van der Waals surface area contributed by atoms with E-state index in [2.05, 4.69) is 10.2 Å². The first-order valence-corrected chi connectivity index (χ1v) is 7.23. The molecule has 0 aliphatic carbocycles. The smallest absolute Gasteiger partial charge is 0.227 e. The first kappa shape index (κ1) is 14.1. The number of likely N-dealkylation sites (tertiary alicyclic amines) is 1. The molecule has 4 nitrogen and oxygen atoms in total. The lowest BCUT2D eigenvalue weighted by Crippen LogP contribution is -2.30. The fraction of sp³-hybridized carbons (Fsp3) is 0.333. The Morgan fingerprint density at radius 3 is 3.05 bits per heavy atom. The monoisotopic (exact) mass is 307 g/mol. The van der Waals surface area contributed by atoms with E-state index in [9.17, 15) is 9.18 Å². The lowest BCUT2D eigenvalue weighted by molar-refractivity contribution is -0.129. The molecule has 0 unspecified atom stereocenters. The van der Waals surface area contributed by atoms with Crippen LogP contribution in [0.5, 0.6) is 0 Å². The highest BCUT2D eigenvalue weighted by molar-refractivity contribution is 6.31. The predicted molar refractivity (Wildman–Crippen MR) is 77.6 cm³/mol. The second kappa shape index (κ2) is 5.85. The van der Waals surface area contributed by atoms with Gasteiger partial charge < -0.3 is 4.90 Å². The van der Waals surface area contributed by atoms with E-state index in [1.54, 1.807) is 17.2 Å². The number of aromatic amines is 1. The Bertz CT molecular complexity index is 624. The van der Waals surface area contributed by atoms with Crippen LogP contribution in [-0.4, -0.2) is 34.1 Å². The van der Waals surface area contributed by atoms with Crippen LogP contribution in [-0.2, 0) is 11.2 Å². The Kier molecular flexibility index (Phi) is 3.92. The summed E-state index contributed by atoms with van der Waals surface area (Å²) in [6, 6.07) is 6.39. The van der Waals surface area contributed by atoms with Gasteiger partial charge in [0.05, 0.1) is 6.42 Å². The quantitative estimate of drug-likeness (QED) is 0.948. The first-order chi connectivity index (χ1) is 10.1. The van der Waals surface area contributed by atoms with Gasteiger partial charge in [-0.15, -0.1) is 0 Å². The molecule has 110 valence electrons. The van der Waals surface area contributed by atoms with Crippen molar-refractivity contribution in [3.8, 4) is 0 Å². The van der Waals surface area contributed by atoms with Crippen LogP contribution >= 0.6 is 11.6 Å². The summed E-state index contributed by atoms with van der Waals surface area (Å²) in [4.78, 5) is 14.1. The number of amides is 1. The third-order valence-electron chi connectivity index (χ3n) is 3.89. The third kappa shape index (κ3) is 2.93. The lowest BCUT2D eigenvalue weighted by Gasteiger charge is -2.17. The predicted octanol–water partition coefficient (Wildman–Crippen LogP) is 2.76. The molecule has 2 heterocycles. The molecular weight excluding hydrogens is 293 g/mol. The average Bonchev–Trinajstić information content (AvgIpc) is 3.12. The molecule has 21 heavy (non-hydrogen) atoms. The van der Waals surface area contributed by atoms with Gasteiger partial charge in [0.15, 0.2) is 0 Å². The van der Waals surface area contributed by atoms with Crippen LogP contribution in [0.4, 0.5) is 4.39 Å². The minimum absolute atomic E-state index is 0.00119. The highest BCUT2D eigenvalue weighted by Crippen LogP contribution is 2.27. The number of rotatable bonds is 3. The first-order valence-electron chi connectivity index (χ1n) is 6.85. The molecule has 1 amide bonds. The van der Waals surface area contributed by atoms with Crippen molar-refractivity contribution in [3.05, 3.63) is 52.6 Å². The minimum atomic E-state index is -0.430. The van der Waals surface area contributed by atoms with Crippen molar-refractivity contribution in [2.24, 2.45) is 0 Å². The van der Waals surface area contributed by atoms with E-state index in [-0.39, 0.29) is 23.8 Å². The number of carbonyl (C=O) groups excluding carboxylic acids is 1. The number of aromatic nitrogens is 2. The summed E-state index contributed by atoms with van der Waals surface area (Å²) >= 11 is 5.97. The van der Waals surface area contributed by atoms with Crippen molar-refractivity contribution >= 4 is 17.5 Å². The second-order valence-electron chi connectivity index (χ2n) is 5.21. The number of nitrogens with one attached hydrogen (secondary N) is 1. The average molecular weight is 308 g/mol. The van der Waals surface area contributed by atoms with Crippen LogP contribution in [0.2, 0.25) is 5.02 Å².